The predicted molar refractivity (Wildman–Crippen MR) is 106 cm³/mol. The number of amides is 1. The first-order valence-corrected chi connectivity index (χ1v) is 9.09. The molecule has 1 aliphatic heterocycles. The highest BCUT2D eigenvalue weighted by molar-refractivity contribution is 6.00. The quantitative estimate of drug-likeness (QED) is 0.740. The van der Waals surface area contributed by atoms with Gasteiger partial charge in [-0.05, 0) is 19.1 Å². The average Bonchev–Trinajstić information content (AvgIpc) is 2.72. The fourth-order valence-electron chi connectivity index (χ4n) is 3.67. The molecule has 0 radical (unpaired) electrons. The Labute approximate surface area is 162 Å². The summed E-state index contributed by atoms with van der Waals surface area (Å²) in [6, 6.07) is 17.3. The number of hydrogen-bond acceptors (Lipinski definition) is 5. The van der Waals surface area contributed by atoms with Crippen LogP contribution in [0.4, 0.5) is 10.6 Å². The molecule has 28 heavy (non-hydrogen) atoms. The van der Waals surface area contributed by atoms with Gasteiger partial charge in [-0.3, -0.25) is 0 Å². The van der Waals surface area contributed by atoms with Crippen molar-refractivity contribution in [1.29, 1.82) is 5.26 Å². The van der Waals surface area contributed by atoms with Gasteiger partial charge in [-0.25, -0.2) is 4.79 Å². The van der Waals surface area contributed by atoms with Gasteiger partial charge in [0.15, 0.2) is 5.82 Å². The molecule has 1 saturated heterocycles. The van der Waals surface area contributed by atoms with E-state index in [-0.39, 0.29) is 6.04 Å². The Hall–Kier alpha value is -3.66. The van der Waals surface area contributed by atoms with Crippen molar-refractivity contribution in [3.8, 4) is 17.3 Å². The highest BCUT2D eigenvalue weighted by Crippen LogP contribution is 2.32. The van der Waals surface area contributed by atoms with Crippen LogP contribution in [0.25, 0.3) is 22.0 Å². The van der Waals surface area contributed by atoms with Gasteiger partial charge in [0.25, 0.3) is 0 Å². The summed E-state index contributed by atoms with van der Waals surface area (Å²) in [5.74, 6) is 0.768. The van der Waals surface area contributed by atoms with Gasteiger partial charge in [-0.15, -0.1) is 10.2 Å². The lowest BCUT2D eigenvalue weighted by Crippen LogP contribution is -2.54. The normalized spacial score (nSPS) is 16.8. The molecule has 1 unspecified atom stereocenters. The van der Waals surface area contributed by atoms with E-state index in [1.807, 2.05) is 43.3 Å². The van der Waals surface area contributed by atoms with Crippen molar-refractivity contribution >= 4 is 22.7 Å². The number of hydrogen-bond donors (Lipinski definition) is 1. The summed E-state index contributed by atoms with van der Waals surface area (Å²) in [5.41, 5.74) is 2.27. The number of carbonyl (C=O) groups is 1. The SMILES string of the molecule is CC1CN(c2nnc(-c3ccc(C#N)cc3)c3ccccc23)CCN1C(=O)O. The Morgan fingerprint density at radius 1 is 1.11 bits per heavy atom. The van der Waals surface area contributed by atoms with Crippen LogP contribution in [0.15, 0.2) is 48.5 Å². The van der Waals surface area contributed by atoms with Crippen LogP contribution in [-0.2, 0) is 0 Å². The third kappa shape index (κ3) is 3.09. The number of piperazine rings is 1. The number of carboxylic acid groups (broad SMARTS) is 1. The van der Waals surface area contributed by atoms with Crippen LogP contribution >= 0.6 is 0 Å². The second-order valence-corrected chi connectivity index (χ2v) is 6.88. The van der Waals surface area contributed by atoms with Gasteiger partial charge in [0.05, 0.1) is 11.6 Å². The van der Waals surface area contributed by atoms with Gasteiger partial charge < -0.3 is 14.9 Å². The molecule has 4 rings (SSSR count). The number of anilines is 1. The first kappa shape index (κ1) is 17.7. The monoisotopic (exact) mass is 373 g/mol. The summed E-state index contributed by atoms with van der Waals surface area (Å²) in [6.07, 6.45) is -0.890. The van der Waals surface area contributed by atoms with Gasteiger partial charge in [-0.1, -0.05) is 36.4 Å². The molecule has 1 atom stereocenters. The Morgan fingerprint density at radius 3 is 2.46 bits per heavy atom. The number of benzene rings is 2. The zero-order chi connectivity index (χ0) is 19.7. The van der Waals surface area contributed by atoms with Crippen molar-refractivity contribution in [3.05, 3.63) is 54.1 Å². The van der Waals surface area contributed by atoms with E-state index < -0.39 is 6.09 Å². The van der Waals surface area contributed by atoms with E-state index in [1.165, 1.54) is 4.90 Å². The van der Waals surface area contributed by atoms with E-state index in [4.69, 9.17) is 5.26 Å². The molecule has 7 nitrogen and oxygen atoms in total. The lowest BCUT2D eigenvalue weighted by Gasteiger charge is -2.39. The second-order valence-electron chi connectivity index (χ2n) is 6.88. The number of nitriles is 1. The maximum atomic E-state index is 11.3. The zero-order valence-corrected chi connectivity index (χ0v) is 15.4. The summed E-state index contributed by atoms with van der Waals surface area (Å²) in [6.45, 7) is 3.48. The van der Waals surface area contributed by atoms with Gasteiger partial charge in [0.1, 0.15) is 5.69 Å². The minimum Gasteiger partial charge on any atom is -0.465 e. The van der Waals surface area contributed by atoms with E-state index in [0.717, 1.165) is 27.8 Å². The van der Waals surface area contributed by atoms with Crippen molar-refractivity contribution in [1.82, 2.24) is 15.1 Å². The van der Waals surface area contributed by atoms with Crippen LogP contribution < -0.4 is 4.90 Å². The number of aromatic nitrogens is 2. The standard InChI is InChI=1S/C21H19N5O2/c1-14-13-25(10-11-26(14)21(27)28)20-18-5-3-2-4-17(18)19(23-24-20)16-8-6-15(12-22)7-9-16/h2-9,14H,10-11,13H2,1H3,(H,27,28). The summed E-state index contributed by atoms with van der Waals surface area (Å²) in [4.78, 5) is 14.9. The van der Waals surface area contributed by atoms with E-state index in [0.29, 0.717) is 25.2 Å². The Morgan fingerprint density at radius 2 is 1.82 bits per heavy atom. The first-order valence-electron chi connectivity index (χ1n) is 9.09. The molecule has 3 aromatic rings. The molecule has 1 aromatic heterocycles. The predicted octanol–water partition coefficient (Wildman–Crippen LogP) is 3.36. The summed E-state index contributed by atoms with van der Waals surface area (Å²) >= 11 is 0. The number of rotatable bonds is 2. The molecular weight excluding hydrogens is 354 g/mol. The van der Waals surface area contributed by atoms with E-state index in [1.54, 1.807) is 12.1 Å². The molecule has 2 aromatic carbocycles. The van der Waals surface area contributed by atoms with Gasteiger partial charge in [-0.2, -0.15) is 5.26 Å². The highest BCUT2D eigenvalue weighted by Gasteiger charge is 2.29. The Balaban J connectivity index is 1.74. The van der Waals surface area contributed by atoms with Crippen LogP contribution in [0.3, 0.4) is 0 Å². The van der Waals surface area contributed by atoms with Crippen molar-refractivity contribution in [2.75, 3.05) is 24.5 Å². The number of fused-ring (bicyclic) bond motifs is 1. The molecule has 1 N–H and O–H groups in total. The molecule has 0 bridgehead atoms. The third-order valence-corrected chi connectivity index (χ3v) is 5.13. The molecule has 140 valence electrons. The van der Waals surface area contributed by atoms with Crippen LogP contribution in [0.5, 0.6) is 0 Å². The van der Waals surface area contributed by atoms with Crippen LogP contribution in [0, 0.1) is 11.3 Å². The maximum Gasteiger partial charge on any atom is 0.407 e. The second kappa shape index (κ2) is 7.16. The molecule has 0 spiro atoms. The maximum absolute atomic E-state index is 11.3. The summed E-state index contributed by atoms with van der Waals surface area (Å²) in [7, 11) is 0. The van der Waals surface area contributed by atoms with Crippen LogP contribution in [0.2, 0.25) is 0 Å². The number of nitrogens with zero attached hydrogens (tertiary/aromatic N) is 5. The minimum atomic E-state index is -0.890. The summed E-state index contributed by atoms with van der Waals surface area (Å²) in [5, 5.41) is 29.2. The molecule has 1 amide bonds. The molecule has 7 heteroatoms. The Bertz CT molecular complexity index is 1070. The van der Waals surface area contributed by atoms with Crippen molar-refractivity contribution < 1.29 is 9.90 Å². The van der Waals surface area contributed by atoms with Crippen molar-refractivity contribution in [2.45, 2.75) is 13.0 Å². The topological polar surface area (TPSA) is 93.4 Å². The lowest BCUT2D eigenvalue weighted by atomic mass is 10.0. The summed E-state index contributed by atoms with van der Waals surface area (Å²) < 4.78 is 0. The van der Waals surface area contributed by atoms with E-state index in [9.17, 15) is 9.90 Å². The van der Waals surface area contributed by atoms with E-state index >= 15 is 0 Å². The minimum absolute atomic E-state index is 0.120. The fourth-order valence-corrected chi connectivity index (χ4v) is 3.67. The average molecular weight is 373 g/mol. The molecule has 2 heterocycles. The largest absolute Gasteiger partial charge is 0.465 e. The fraction of sp³-hybridized carbons (Fsp3) is 0.238. The zero-order valence-electron chi connectivity index (χ0n) is 15.4. The third-order valence-electron chi connectivity index (χ3n) is 5.13. The van der Waals surface area contributed by atoms with Gasteiger partial charge >= 0.3 is 6.09 Å². The van der Waals surface area contributed by atoms with Crippen LogP contribution in [-0.4, -0.2) is 52.0 Å². The van der Waals surface area contributed by atoms with Gasteiger partial charge in [0.2, 0.25) is 0 Å². The highest BCUT2D eigenvalue weighted by atomic mass is 16.4. The van der Waals surface area contributed by atoms with E-state index in [2.05, 4.69) is 21.2 Å². The lowest BCUT2D eigenvalue weighted by molar-refractivity contribution is 0.122. The smallest absolute Gasteiger partial charge is 0.407 e. The molecule has 1 aliphatic rings. The molecular formula is C21H19N5O2. The van der Waals surface area contributed by atoms with Crippen LogP contribution in [0.1, 0.15) is 12.5 Å². The Kier molecular flexibility index (Phi) is 4.53. The van der Waals surface area contributed by atoms with Gasteiger partial charge in [0, 0.05) is 42.0 Å². The van der Waals surface area contributed by atoms with Crippen molar-refractivity contribution in [2.24, 2.45) is 0 Å². The van der Waals surface area contributed by atoms with Crippen molar-refractivity contribution in [3.63, 3.8) is 0 Å². The molecule has 0 aliphatic carbocycles. The molecule has 0 saturated carbocycles. The first-order chi connectivity index (χ1) is 13.6. The molecule has 1 fully saturated rings.